The first-order valence-electron chi connectivity index (χ1n) is 7.36. The van der Waals surface area contributed by atoms with Crippen LogP contribution in [-0.2, 0) is 0 Å². The molecular weight excluding hydrogens is 292 g/mol. The van der Waals surface area contributed by atoms with Crippen molar-refractivity contribution in [1.82, 2.24) is 0 Å². The molecule has 5 nitrogen and oxygen atoms in total. The van der Waals surface area contributed by atoms with Gasteiger partial charge in [0.15, 0.2) is 0 Å². The molecule has 2 aromatic carbocycles. The van der Waals surface area contributed by atoms with Gasteiger partial charge in [-0.15, -0.1) is 0 Å². The zero-order valence-corrected chi connectivity index (χ0v) is 13.4. The van der Waals surface area contributed by atoms with Crippen LogP contribution in [0.5, 0.6) is 0 Å². The molecule has 0 radical (unpaired) electrons. The van der Waals surface area contributed by atoms with Crippen molar-refractivity contribution in [2.75, 3.05) is 17.3 Å². The second-order valence-corrected chi connectivity index (χ2v) is 5.56. The number of hydrogen-bond acceptors (Lipinski definition) is 3. The maximum absolute atomic E-state index is 12.3. The van der Waals surface area contributed by atoms with Crippen molar-refractivity contribution >= 4 is 23.3 Å². The molecule has 0 bridgehead atoms. The molecule has 2 N–H and O–H groups in total. The van der Waals surface area contributed by atoms with Crippen LogP contribution in [-0.4, -0.2) is 30.1 Å². The molecule has 0 saturated heterocycles. The Morgan fingerprint density at radius 2 is 1.65 bits per heavy atom. The largest absolute Gasteiger partial charge is 0.478 e. The van der Waals surface area contributed by atoms with E-state index in [-0.39, 0.29) is 17.2 Å². The smallest absolute Gasteiger partial charge is 0.337 e. The van der Waals surface area contributed by atoms with E-state index >= 15 is 0 Å². The van der Waals surface area contributed by atoms with Gasteiger partial charge in [-0.05, 0) is 50.2 Å². The summed E-state index contributed by atoms with van der Waals surface area (Å²) >= 11 is 0. The van der Waals surface area contributed by atoms with E-state index in [1.165, 1.54) is 6.07 Å². The topological polar surface area (TPSA) is 69.6 Å². The SMILES string of the molecule is CC(C)N(C)c1ccc(C(=O)Nc2ccccc2C(=O)O)cc1. The van der Waals surface area contributed by atoms with E-state index in [2.05, 4.69) is 24.1 Å². The van der Waals surface area contributed by atoms with Crippen molar-refractivity contribution in [1.29, 1.82) is 0 Å². The van der Waals surface area contributed by atoms with E-state index < -0.39 is 5.97 Å². The average molecular weight is 312 g/mol. The van der Waals surface area contributed by atoms with Gasteiger partial charge in [-0.3, -0.25) is 4.79 Å². The van der Waals surface area contributed by atoms with Crippen molar-refractivity contribution < 1.29 is 14.7 Å². The lowest BCUT2D eigenvalue weighted by atomic mass is 10.1. The highest BCUT2D eigenvalue weighted by molar-refractivity contribution is 6.07. The van der Waals surface area contributed by atoms with E-state index in [9.17, 15) is 9.59 Å². The quantitative estimate of drug-likeness (QED) is 0.887. The minimum atomic E-state index is -1.07. The zero-order valence-electron chi connectivity index (χ0n) is 13.4. The molecule has 0 atom stereocenters. The molecule has 0 unspecified atom stereocenters. The standard InChI is InChI=1S/C18H20N2O3/c1-12(2)20(3)14-10-8-13(9-11-14)17(21)19-16-7-5-4-6-15(16)18(22)23/h4-12H,1-3H3,(H,19,21)(H,22,23). The molecule has 5 heteroatoms. The number of hydrogen-bond donors (Lipinski definition) is 2. The Morgan fingerprint density at radius 1 is 1.04 bits per heavy atom. The first-order valence-corrected chi connectivity index (χ1v) is 7.36. The molecule has 120 valence electrons. The number of rotatable bonds is 5. The molecule has 23 heavy (non-hydrogen) atoms. The summed E-state index contributed by atoms with van der Waals surface area (Å²) in [5, 5.41) is 11.8. The van der Waals surface area contributed by atoms with Gasteiger partial charge in [0.1, 0.15) is 0 Å². The average Bonchev–Trinajstić information content (AvgIpc) is 2.54. The third kappa shape index (κ3) is 3.88. The Hall–Kier alpha value is -2.82. The summed E-state index contributed by atoms with van der Waals surface area (Å²) in [6.07, 6.45) is 0. The van der Waals surface area contributed by atoms with Crippen LogP contribution in [0.2, 0.25) is 0 Å². The van der Waals surface area contributed by atoms with E-state index in [4.69, 9.17) is 5.11 Å². The van der Waals surface area contributed by atoms with Gasteiger partial charge in [-0.2, -0.15) is 0 Å². The zero-order chi connectivity index (χ0) is 17.0. The van der Waals surface area contributed by atoms with Gasteiger partial charge in [0.05, 0.1) is 11.3 Å². The van der Waals surface area contributed by atoms with Crippen LogP contribution in [0.4, 0.5) is 11.4 Å². The van der Waals surface area contributed by atoms with E-state index in [1.54, 1.807) is 30.3 Å². The summed E-state index contributed by atoms with van der Waals surface area (Å²) in [4.78, 5) is 25.6. The Bertz CT molecular complexity index is 708. The third-order valence-corrected chi connectivity index (χ3v) is 3.72. The number of para-hydroxylation sites is 1. The number of benzene rings is 2. The van der Waals surface area contributed by atoms with Crippen LogP contribution in [0.25, 0.3) is 0 Å². The van der Waals surface area contributed by atoms with Gasteiger partial charge in [-0.1, -0.05) is 12.1 Å². The number of carboxylic acids is 1. The van der Waals surface area contributed by atoms with Crippen molar-refractivity contribution in [3.05, 3.63) is 59.7 Å². The number of carbonyl (C=O) groups excluding carboxylic acids is 1. The fourth-order valence-electron chi connectivity index (χ4n) is 2.12. The fraction of sp³-hybridized carbons (Fsp3) is 0.222. The maximum atomic E-state index is 12.3. The monoisotopic (exact) mass is 312 g/mol. The van der Waals surface area contributed by atoms with Crippen LogP contribution in [0.3, 0.4) is 0 Å². The lowest BCUT2D eigenvalue weighted by Crippen LogP contribution is -2.25. The number of carbonyl (C=O) groups is 2. The Balaban J connectivity index is 2.17. The lowest BCUT2D eigenvalue weighted by Gasteiger charge is -2.23. The second-order valence-electron chi connectivity index (χ2n) is 5.56. The van der Waals surface area contributed by atoms with Crippen molar-refractivity contribution in [2.24, 2.45) is 0 Å². The molecule has 0 spiro atoms. The van der Waals surface area contributed by atoms with Crippen molar-refractivity contribution in [3.63, 3.8) is 0 Å². The Morgan fingerprint density at radius 3 is 2.22 bits per heavy atom. The predicted molar refractivity (Wildman–Crippen MR) is 91.3 cm³/mol. The number of nitrogens with zero attached hydrogens (tertiary/aromatic N) is 1. The fourth-order valence-corrected chi connectivity index (χ4v) is 2.12. The van der Waals surface area contributed by atoms with Gasteiger partial charge < -0.3 is 15.3 Å². The summed E-state index contributed by atoms with van der Waals surface area (Å²) in [7, 11) is 1.99. The molecule has 2 aromatic rings. The second kappa shape index (κ2) is 6.96. The molecule has 0 saturated carbocycles. The summed E-state index contributed by atoms with van der Waals surface area (Å²) in [5.74, 6) is -1.41. The lowest BCUT2D eigenvalue weighted by molar-refractivity contribution is 0.0698. The molecule has 0 aromatic heterocycles. The summed E-state index contributed by atoms with van der Waals surface area (Å²) in [6, 6.07) is 13.9. The molecular formula is C18H20N2O3. The Labute approximate surface area is 135 Å². The van der Waals surface area contributed by atoms with Crippen molar-refractivity contribution in [2.45, 2.75) is 19.9 Å². The molecule has 0 aliphatic carbocycles. The van der Waals surface area contributed by atoms with E-state index in [0.717, 1.165) is 5.69 Å². The minimum Gasteiger partial charge on any atom is -0.478 e. The predicted octanol–water partition coefficient (Wildman–Crippen LogP) is 3.48. The normalized spacial score (nSPS) is 10.4. The summed E-state index contributed by atoms with van der Waals surface area (Å²) in [6.45, 7) is 4.17. The van der Waals surface area contributed by atoms with Gasteiger partial charge >= 0.3 is 5.97 Å². The number of nitrogens with one attached hydrogen (secondary N) is 1. The molecule has 0 aliphatic rings. The minimum absolute atomic E-state index is 0.0667. The maximum Gasteiger partial charge on any atom is 0.337 e. The van der Waals surface area contributed by atoms with E-state index in [0.29, 0.717) is 11.6 Å². The van der Waals surface area contributed by atoms with Crippen LogP contribution in [0.1, 0.15) is 34.6 Å². The van der Waals surface area contributed by atoms with Crippen LogP contribution in [0.15, 0.2) is 48.5 Å². The van der Waals surface area contributed by atoms with Gasteiger partial charge in [-0.25, -0.2) is 4.79 Å². The number of amides is 1. The molecule has 0 heterocycles. The first kappa shape index (κ1) is 16.5. The Kier molecular flexibility index (Phi) is 5.01. The number of carboxylic acid groups (broad SMARTS) is 1. The van der Waals surface area contributed by atoms with Gasteiger partial charge in [0.25, 0.3) is 5.91 Å². The van der Waals surface area contributed by atoms with Gasteiger partial charge in [0.2, 0.25) is 0 Å². The first-order chi connectivity index (χ1) is 10.9. The van der Waals surface area contributed by atoms with Crippen molar-refractivity contribution in [3.8, 4) is 0 Å². The number of anilines is 2. The molecule has 0 aliphatic heterocycles. The van der Waals surface area contributed by atoms with Crippen LogP contribution >= 0.6 is 0 Å². The molecule has 1 amide bonds. The molecule has 0 fully saturated rings. The van der Waals surface area contributed by atoms with Crippen LogP contribution < -0.4 is 10.2 Å². The summed E-state index contributed by atoms with van der Waals surface area (Å²) in [5.41, 5.74) is 1.85. The molecule has 2 rings (SSSR count). The highest BCUT2D eigenvalue weighted by Gasteiger charge is 2.13. The highest BCUT2D eigenvalue weighted by atomic mass is 16.4. The van der Waals surface area contributed by atoms with Gasteiger partial charge in [0, 0.05) is 24.3 Å². The third-order valence-electron chi connectivity index (χ3n) is 3.72. The summed E-state index contributed by atoms with van der Waals surface area (Å²) < 4.78 is 0. The van der Waals surface area contributed by atoms with Crippen LogP contribution in [0, 0.1) is 0 Å². The van der Waals surface area contributed by atoms with E-state index in [1.807, 2.05) is 19.2 Å². The number of aromatic carboxylic acids is 1. The highest BCUT2D eigenvalue weighted by Crippen LogP contribution is 2.19.